The van der Waals surface area contributed by atoms with Crippen LogP contribution in [0, 0.1) is 0 Å². The number of phenolic OH excluding ortho intramolecular Hbond substituents is 1. The van der Waals surface area contributed by atoms with Gasteiger partial charge in [-0.25, -0.2) is 0 Å². The number of unbranched alkanes of at least 4 members (excludes halogenated alkanes) is 10. The maximum absolute atomic E-state index is 10.2. The van der Waals surface area contributed by atoms with Crippen molar-refractivity contribution < 1.29 is 5.11 Å². The number of nitrogens with zero attached hydrogens (tertiary/aromatic N) is 4. The van der Waals surface area contributed by atoms with Crippen LogP contribution in [0.2, 0.25) is 0 Å². The highest BCUT2D eigenvalue weighted by Gasteiger charge is 2.25. The zero-order valence-corrected chi connectivity index (χ0v) is 31.6. The Morgan fingerprint density at radius 2 is 1.00 bits per heavy atom. The molecule has 3 rings (SSSR count). The van der Waals surface area contributed by atoms with E-state index in [4.69, 9.17) is 15.0 Å². The van der Waals surface area contributed by atoms with Crippen LogP contribution in [0.1, 0.15) is 144 Å². The first-order chi connectivity index (χ1) is 21.9. The van der Waals surface area contributed by atoms with Crippen LogP contribution in [0.25, 0.3) is 0 Å². The predicted molar refractivity (Wildman–Crippen MR) is 202 cm³/mol. The lowest BCUT2D eigenvalue weighted by Gasteiger charge is -2.30. The van der Waals surface area contributed by atoms with Crippen molar-refractivity contribution in [1.29, 1.82) is 0 Å². The van der Waals surface area contributed by atoms with Gasteiger partial charge in [-0.1, -0.05) is 149 Å². The van der Waals surface area contributed by atoms with E-state index in [0.29, 0.717) is 5.95 Å². The molecule has 0 saturated carbocycles. The second kappa shape index (κ2) is 18.9. The van der Waals surface area contributed by atoms with Crippen LogP contribution in [0.4, 0.5) is 17.3 Å². The number of aromatic nitrogens is 3. The molecule has 0 aliphatic carbocycles. The molecule has 0 saturated heterocycles. The Bertz CT molecular complexity index is 1250. The molecule has 2 aromatic carbocycles. The number of benzene rings is 2. The summed E-state index contributed by atoms with van der Waals surface area (Å²) in [5.41, 5.74) is 4.39. The Labute approximate surface area is 289 Å². The van der Waals surface area contributed by atoms with E-state index in [9.17, 15) is 5.11 Å². The van der Waals surface area contributed by atoms with Gasteiger partial charge in [0.15, 0.2) is 10.3 Å². The van der Waals surface area contributed by atoms with Crippen LogP contribution < -0.4 is 4.90 Å². The predicted octanol–water partition coefficient (Wildman–Crippen LogP) is 12.5. The minimum Gasteiger partial charge on any atom is -0.508 e. The van der Waals surface area contributed by atoms with Crippen molar-refractivity contribution in [2.75, 3.05) is 16.4 Å². The van der Waals surface area contributed by atoms with Gasteiger partial charge in [0.05, 0.1) is 0 Å². The maximum atomic E-state index is 10.2. The van der Waals surface area contributed by atoms with E-state index in [0.717, 1.165) is 33.2 Å². The number of hydrogen-bond acceptors (Lipinski definition) is 7. The molecule has 3 aromatic rings. The molecule has 0 atom stereocenters. The van der Waals surface area contributed by atoms with Crippen LogP contribution in [0.15, 0.2) is 52.8 Å². The number of aromatic hydroxyl groups is 1. The molecule has 1 N–H and O–H groups in total. The first-order valence-corrected chi connectivity index (χ1v) is 19.7. The lowest BCUT2D eigenvalue weighted by atomic mass is 9.80. The van der Waals surface area contributed by atoms with Crippen molar-refractivity contribution in [3.63, 3.8) is 0 Å². The largest absolute Gasteiger partial charge is 0.508 e. The molecule has 0 bridgehead atoms. The molecule has 0 amide bonds. The Morgan fingerprint density at radius 1 is 0.565 bits per heavy atom. The monoisotopic (exact) mass is 664 g/mol. The van der Waals surface area contributed by atoms with E-state index in [1.54, 1.807) is 35.7 Å². The Morgan fingerprint density at radius 3 is 1.43 bits per heavy atom. The van der Waals surface area contributed by atoms with Gasteiger partial charge in [0, 0.05) is 22.9 Å². The molecule has 1 heterocycles. The van der Waals surface area contributed by atoms with Gasteiger partial charge in [-0.15, -0.1) is 0 Å². The molecule has 5 nitrogen and oxygen atoms in total. The van der Waals surface area contributed by atoms with Crippen molar-refractivity contribution >= 4 is 40.8 Å². The zero-order valence-electron chi connectivity index (χ0n) is 30.0. The average Bonchev–Trinajstić information content (AvgIpc) is 3.00. The van der Waals surface area contributed by atoms with Crippen molar-refractivity contribution in [3.8, 4) is 5.75 Å². The van der Waals surface area contributed by atoms with E-state index in [2.05, 4.69) is 78.5 Å². The number of thioether (sulfide) groups is 2. The molecular weight excluding hydrogens is 605 g/mol. The van der Waals surface area contributed by atoms with E-state index in [-0.39, 0.29) is 16.6 Å². The van der Waals surface area contributed by atoms with Gasteiger partial charge in [0.25, 0.3) is 0 Å². The fraction of sp³-hybridized carbons (Fsp3) is 0.615. The molecule has 0 spiro atoms. The van der Waals surface area contributed by atoms with Gasteiger partial charge in [-0.3, -0.25) is 4.90 Å². The summed E-state index contributed by atoms with van der Waals surface area (Å²) in [6.45, 7) is 18.1. The van der Waals surface area contributed by atoms with E-state index >= 15 is 0 Å². The van der Waals surface area contributed by atoms with Gasteiger partial charge < -0.3 is 5.11 Å². The van der Waals surface area contributed by atoms with Gasteiger partial charge in [-0.2, -0.15) is 15.0 Å². The molecule has 46 heavy (non-hydrogen) atoms. The van der Waals surface area contributed by atoms with Crippen LogP contribution in [0.5, 0.6) is 5.75 Å². The lowest BCUT2D eigenvalue weighted by Crippen LogP contribution is -2.20. The average molecular weight is 665 g/mol. The summed E-state index contributed by atoms with van der Waals surface area (Å²) < 4.78 is 0. The molecule has 0 aliphatic heterocycles. The molecule has 1 aromatic heterocycles. The highest BCUT2D eigenvalue weighted by molar-refractivity contribution is 7.99. The first-order valence-electron chi connectivity index (χ1n) is 17.7. The number of phenols is 1. The van der Waals surface area contributed by atoms with E-state index in [1.165, 1.54) is 88.2 Å². The molecule has 0 radical (unpaired) electrons. The van der Waals surface area contributed by atoms with Crippen LogP contribution in [-0.4, -0.2) is 31.6 Å². The Hall–Kier alpha value is -2.25. The van der Waals surface area contributed by atoms with Crippen LogP contribution in [0.3, 0.4) is 0 Å². The number of anilines is 3. The summed E-state index contributed by atoms with van der Waals surface area (Å²) in [4.78, 5) is 17.3. The zero-order chi connectivity index (χ0) is 33.6. The number of rotatable bonds is 19. The molecular formula is C39H60N4OS2. The molecule has 0 unspecified atom stereocenters. The van der Waals surface area contributed by atoms with Crippen LogP contribution in [-0.2, 0) is 10.8 Å². The van der Waals surface area contributed by atoms with E-state index in [1.807, 2.05) is 12.1 Å². The first kappa shape index (κ1) is 38.2. The maximum Gasteiger partial charge on any atom is 0.239 e. The summed E-state index contributed by atoms with van der Waals surface area (Å²) in [5, 5.41) is 11.8. The highest BCUT2D eigenvalue weighted by atomic mass is 32.2. The fourth-order valence-electron chi connectivity index (χ4n) is 5.24. The third-order valence-electron chi connectivity index (χ3n) is 8.26. The van der Waals surface area contributed by atoms with Crippen molar-refractivity contribution in [2.24, 2.45) is 0 Å². The van der Waals surface area contributed by atoms with Gasteiger partial charge in [-0.05, 0) is 71.2 Å². The topological polar surface area (TPSA) is 62.1 Å². The summed E-state index contributed by atoms with van der Waals surface area (Å²) >= 11 is 3.50. The molecule has 254 valence electrons. The van der Waals surface area contributed by atoms with Crippen LogP contribution >= 0.6 is 23.5 Å². The summed E-state index contributed by atoms with van der Waals surface area (Å²) in [7, 11) is 0. The fourth-order valence-corrected chi connectivity index (χ4v) is 6.95. The van der Waals surface area contributed by atoms with Gasteiger partial charge >= 0.3 is 0 Å². The third-order valence-corrected chi connectivity index (χ3v) is 10.1. The van der Waals surface area contributed by atoms with Gasteiger partial charge in [0.2, 0.25) is 5.95 Å². The highest BCUT2D eigenvalue weighted by Crippen LogP contribution is 2.40. The smallest absolute Gasteiger partial charge is 0.239 e. The third kappa shape index (κ3) is 12.7. The summed E-state index contributed by atoms with van der Waals surface area (Å²) in [6.07, 6.45) is 15.3. The SMILES string of the molecule is CCCCCCCCSc1nc(SCCCCCCCC)nc(N(c2ccc(O)cc2)c2cc(C(C)(C)C)cc(C(C)(C)C)c2)n1. The standard InChI is InChI=1S/C39H60N4OS2/c1-9-11-13-15-17-19-25-45-36-40-35(41-37(42-36)46-26-20-18-16-14-12-10-2)43(32-21-23-34(44)24-22-32)33-28-30(38(3,4)5)27-31(29-33)39(6,7)8/h21-24,27-29,44H,9-20,25-26H2,1-8H3. The molecule has 7 heteroatoms. The lowest BCUT2D eigenvalue weighted by molar-refractivity contribution is 0.475. The second-order valence-corrected chi connectivity index (χ2v) is 16.7. The quantitative estimate of drug-likeness (QED) is 0.101. The Kier molecular flexibility index (Phi) is 15.7. The molecule has 0 aliphatic rings. The summed E-state index contributed by atoms with van der Waals surface area (Å²) in [5.74, 6) is 2.87. The van der Waals surface area contributed by atoms with E-state index < -0.39 is 0 Å². The van der Waals surface area contributed by atoms with Crippen molar-refractivity contribution in [2.45, 2.75) is 154 Å². The van der Waals surface area contributed by atoms with Crippen molar-refractivity contribution in [3.05, 3.63) is 53.6 Å². The Balaban J connectivity index is 2.03. The second-order valence-electron chi connectivity index (χ2n) is 14.6. The molecule has 0 fully saturated rings. The minimum absolute atomic E-state index is 0.0357. The number of hydrogen-bond donors (Lipinski definition) is 1. The van der Waals surface area contributed by atoms with Gasteiger partial charge in [0.1, 0.15) is 5.75 Å². The minimum atomic E-state index is -0.0357. The normalized spacial score (nSPS) is 12.1. The van der Waals surface area contributed by atoms with Crippen molar-refractivity contribution in [1.82, 2.24) is 15.0 Å². The summed E-state index contributed by atoms with van der Waals surface area (Å²) in [6, 6.07) is 14.3.